The minimum atomic E-state index is -1.64. The largest absolute Gasteiger partial charge is 0.545 e. The summed E-state index contributed by atoms with van der Waals surface area (Å²) >= 11 is 0. The van der Waals surface area contributed by atoms with Gasteiger partial charge in [0.2, 0.25) is 0 Å². The third kappa shape index (κ3) is 46.5. The minimum Gasteiger partial charge on any atom is -0.545 e. The number of hydrogen-bond donors (Lipinski definition) is 0. The van der Waals surface area contributed by atoms with Crippen molar-refractivity contribution in [2.75, 3.05) is 47.5 Å². The molecule has 0 spiro atoms. The van der Waals surface area contributed by atoms with Gasteiger partial charge in [-0.05, 0) is 89.9 Å². The highest BCUT2D eigenvalue weighted by atomic mass is 16.7. The SMILES string of the molecule is CC/C=C\C/C=C\C/C=C\C/C=C\C/C=C\C/C=C\CCCCC(=O)OC(COC(=O)CCCCCCCCC/C=C\CCCCCCCCC)COC(OCC[N+](C)(C)C)C(=O)[O-]. The Morgan fingerprint density at radius 1 is 0.484 bits per heavy atom. The van der Waals surface area contributed by atoms with Crippen molar-refractivity contribution in [3.63, 3.8) is 0 Å². The second kappa shape index (κ2) is 46.0. The summed E-state index contributed by atoms with van der Waals surface area (Å²) in [5.74, 6) is -2.36. The predicted molar refractivity (Wildman–Crippen MR) is 264 cm³/mol. The van der Waals surface area contributed by atoms with Crippen LogP contribution >= 0.6 is 0 Å². The molecule has 0 radical (unpaired) electrons. The van der Waals surface area contributed by atoms with Crippen LogP contribution in [0, 0.1) is 0 Å². The number of nitrogens with zero attached hydrogens (tertiary/aromatic N) is 1. The number of aliphatic carboxylic acids is 1. The van der Waals surface area contributed by atoms with Gasteiger partial charge in [0.25, 0.3) is 0 Å². The zero-order valence-corrected chi connectivity index (χ0v) is 41.4. The van der Waals surface area contributed by atoms with Crippen molar-refractivity contribution >= 4 is 17.9 Å². The van der Waals surface area contributed by atoms with Crippen molar-refractivity contribution < 1.29 is 42.9 Å². The fourth-order valence-corrected chi connectivity index (χ4v) is 6.47. The lowest BCUT2D eigenvalue weighted by Crippen LogP contribution is -2.44. The normalized spacial score (nSPS) is 13.6. The molecular weight excluding hydrogens is 803 g/mol. The number of unbranched alkanes of at least 4 members (excludes halogenated alkanes) is 16. The lowest BCUT2D eigenvalue weighted by atomic mass is 10.1. The molecule has 0 bridgehead atoms. The van der Waals surface area contributed by atoms with E-state index >= 15 is 0 Å². The number of allylic oxidation sites excluding steroid dienone is 14. The summed E-state index contributed by atoms with van der Waals surface area (Å²) < 4.78 is 22.6. The smallest absolute Gasteiger partial charge is 0.306 e. The number of rotatable bonds is 45. The highest BCUT2D eigenvalue weighted by molar-refractivity contribution is 5.70. The van der Waals surface area contributed by atoms with E-state index in [-0.39, 0.29) is 38.6 Å². The van der Waals surface area contributed by atoms with Gasteiger partial charge in [-0.15, -0.1) is 0 Å². The van der Waals surface area contributed by atoms with Crippen molar-refractivity contribution in [1.82, 2.24) is 0 Å². The number of quaternary nitrogens is 1. The number of carbonyl (C=O) groups is 3. The molecule has 0 heterocycles. The third-order valence-corrected chi connectivity index (χ3v) is 10.4. The number of carbonyl (C=O) groups excluding carboxylic acids is 3. The summed E-state index contributed by atoms with van der Waals surface area (Å²) in [6.07, 6.45) is 56.2. The highest BCUT2D eigenvalue weighted by Crippen LogP contribution is 2.13. The van der Waals surface area contributed by atoms with Crippen LogP contribution in [0.5, 0.6) is 0 Å². The van der Waals surface area contributed by atoms with Crippen LogP contribution in [-0.4, -0.2) is 82.3 Å². The van der Waals surface area contributed by atoms with Crippen LogP contribution in [0.3, 0.4) is 0 Å². The Kier molecular flexibility index (Phi) is 43.5. The average molecular weight is 896 g/mol. The maximum Gasteiger partial charge on any atom is 0.306 e. The Bertz CT molecular complexity index is 1320. The Morgan fingerprint density at radius 2 is 0.891 bits per heavy atom. The maximum absolute atomic E-state index is 12.8. The molecule has 0 aliphatic rings. The highest BCUT2D eigenvalue weighted by Gasteiger charge is 2.21. The van der Waals surface area contributed by atoms with E-state index in [0.717, 1.165) is 83.5 Å². The van der Waals surface area contributed by atoms with Crippen molar-refractivity contribution in [3.05, 3.63) is 85.1 Å². The van der Waals surface area contributed by atoms with E-state index in [1.54, 1.807) is 0 Å². The van der Waals surface area contributed by atoms with Crippen LogP contribution in [0.25, 0.3) is 0 Å². The second-order valence-electron chi connectivity index (χ2n) is 17.7. The van der Waals surface area contributed by atoms with E-state index < -0.39 is 24.3 Å². The van der Waals surface area contributed by atoms with E-state index in [9.17, 15) is 19.5 Å². The van der Waals surface area contributed by atoms with E-state index in [1.807, 2.05) is 21.1 Å². The van der Waals surface area contributed by atoms with Crippen LogP contribution in [0.4, 0.5) is 0 Å². The Balaban J connectivity index is 4.47. The monoisotopic (exact) mass is 896 g/mol. The Morgan fingerprint density at radius 3 is 1.38 bits per heavy atom. The van der Waals surface area contributed by atoms with Gasteiger partial charge in [-0.25, -0.2) is 0 Å². The number of esters is 2. The van der Waals surface area contributed by atoms with Gasteiger partial charge in [-0.2, -0.15) is 0 Å². The molecule has 2 atom stereocenters. The lowest BCUT2D eigenvalue weighted by molar-refractivity contribution is -0.870. The van der Waals surface area contributed by atoms with Crippen molar-refractivity contribution in [2.45, 2.75) is 200 Å². The molecule has 0 aromatic rings. The molecule has 0 saturated heterocycles. The van der Waals surface area contributed by atoms with Crippen LogP contribution in [0.1, 0.15) is 187 Å². The van der Waals surface area contributed by atoms with Crippen molar-refractivity contribution in [3.8, 4) is 0 Å². The first-order valence-corrected chi connectivity index (χ1v) is 25.2. The molecule has 0 aromatic heterocycles. The van der Waals surface area contributed by atoms with E-state index in [1.165, 1.54) is 70.6 Å². The number of likely N-dealkylation sites (N-methyl/N-ethyl adjacent to an activating group) is 1. The second-order valence-corrected chi connectivity index (χ2v) is 17.7. The molecule has 0 N–H and O–H groups in total. The topological polar surface area (TPSA) is 111 Å². The average Bonchev–Trinajstić information content (AvgIpc) is 3.26. The number of carboxylic acid groups (broad SMARTS) is 1. The number of hydrogen-bond acceptors (Lipinski definition) is 8. The minimum absolute atomic E-state index is 0.134. The van der Waals surface area contributed by atoms with Crippen LogP contribution in [-0.2, 0) is 33.3 Å². The van der Waals surface area contributed by atoms with Gasteiger partial charge in [0.15, 0.2) is 12.4 Å². The molecule has 9 heteroatoms. The summed E-state index contributed by atoms with van der Waals surface area (Å²) in [4.78, 5) is 37.1. The molecule has 64 heavy (non-hydrogen) atoms. The van der Waals surface area contributed by atoms with Crippen molar-refractivity contribution in [2.24, 2.45) is 0 Å². The summed E-state index contributed by atoms with van der Waals surface area (Å²) in [7, 11) is 5.89. The van der Waals surface area contributed by atoms with E-state index in [0.29, 0.717) is 17.4 Å². The third-order valence-electron chi connectivity index (χ3n) is 10.4. The first-order valence-electron chi connectivity index (χ1n) is 25.2. The first-order chi connectivity index (χ1) is 31.1. The molecule has 0 saturated carbocycles. The summed E-state index contributed by atoms with van der Waals surface area (Å²) in [6, 6.07) is 0. The molecule has 0 aromatic carbocycles. The molecule has 0 amide bonds. The molecule has 0 fully saturated rings. The standard InChI is InChI=1S/C55H93NO8/c1-6-8-10-12-14-16-18-20-22-24-26-27-28-30-32-34-36-38-40-42-44-46-53(58)64-51(50-63-55(54(59)60)61-48-47-56(3,4)5)49-62-52(57)45-43-41-39-37-35-33-31-29-25-23-21-19-17-15-13-11-9-7-2/h8,10,14,16,20,22-23,25-27,30,32,36,38,51,55H,6-7,9,11-13,15,17-19,21,24,28-29,31,33-35,37,39-50H2,1-5H3/b10-8-,16-14-,22-20-,25-23-,27-26-,32-30-,38-36-. The molecule has 0 aliphatic heterocycles. The number of ether oxygens (including phenoxy) is 4. The van der Waals surface area contributed by atoms with E-state index in [4.69, 9.17) is 18.9 Å². The molecule has 366 valence electrons. The summed E-state index contributed by atoms with van der Waals surface area (Å²) in [5, 5.41) is 11.7. The van der Waals surface area contributed by atoms with Gasteiger partial charge in [0.1, 0.15) is 13.2 Å². The van der Waals surface area contributed by atoms with Gasteiger partial charge >= 0.3 is 11.9 Å². The van der Waals surface area contributed by atoms with Crippen LogP contribution in [0.15, 0.2) is 85.1 Å². The Labute approximate surface area is 391 Å². The Hall–Kier alpha value is -3.53. The number of carboxylic acids is 1. The fraction of sp³-hybridized carbons (Fsp3) is 0.691. The zero-order valence-electron chi connectivity index (χ0n) is 41.4. The van der Waals surface area contributed by atoms with Gasteiger partial charge in [0.05, 0.1) is 40.3 Å². The predicted octanol–water partition coefficient (Wildman–Crippen LogP) is 12.7. The van der Waals surface area contributed by atoms with Crippen LogP contribution < -0.4 is 5.11 Å². The lowest BCUT2D eigenvalue weighted by Gasteiger charge is -2.26. The molecule has 2 unspecified atom stereocenters. The quantitative estimate of drug-likeness (QED) is 0.0195. The first kappa shape index (κ1) is 60.5. The van der Waals surface area contributed by atoms with E-state index in [2.05, 4.69) is 98.9 Å². The fourth-order valence-electron chi connectivity index (χ4n) is 6.47. The van der Waals surface area contributed by atoms with Crippen LogP contribution in [0.2, 0.25) is 0 Å². The summed E-state index contributed by atoms with van der Waals surface area (Å²) in [5.41, 5.74) is 0. The van der Waals surface area contributed by atoms with Gasteiger partial charge in [-0.1, -0.05) is 170 Å². The molecule has 0 rings (SSSR count). The van der Waals surface area contributed by atoms with Gasteiger partial charge in [-0.3, -0.25) is 9.59 Å². The zero-order chi connectivity index (χ0) is 47.0. The molecule has 0 aliphatic carbocycles. The maximum atomic E-state index is 12.8. The molecule has 9 nitrogen and oxygen atoms in total. The molecular formula is C55H93NO8. The summed E-state index contributed by atoms with van der Waals surface area (Å²) in [6.45, 7) is 4.56. The van der Waals surface area contributed by atoms with Gasteiger partial charge < -0.3 is 33.3 Å². The van der Waals surface area contributed by atoms with Gasteiger partial charge in [0, 0.05) is 12.8 Å². The van der Waals surface area contributed by atoms with Crippen molar-refractivity contribution in [1.29, 1.82) is 0 Å².